The van der Waals surface area contributed by atoms with Gasteiger partial charge in [-0.15, -0.1) is 0 Å². The van der Waals surface area contributed by atoms with Gasteiger partial charge in [0, 0.05) is 24.2 Å². The number of carbonyl (C=O) groups is 2. The standard InChI is InChI=1S/C23H20N2O3S/c24-22(26)21-11-16(15-3-8-29-13-15)10-19-18-2-1-14(9-17(18)12-20(19)21)23(27)25-4-6-28-7-5-25/h1-3,8-11,13H,4-7,12H2,(H2,24,26). The molecule has 6 heteroatoms. The van der Waals surface area contributed by atoms with Crippen LogP contribution in [0.15, 0.2) is 47.2 Å². The monoisotopic (exact) mass is 404 g/mol. The third kappa shape index (κ3) is 3.14. The topological polar surface area (TPSA) is 72.6 Å². The van der Waals surface area contributed by atoms with Crippen molar-refractivity contribution >= 4 is 23.2 Å². The van der Waals surface area contributed by atoms with E-state index in [4.69, 9.17) is 10.5 Å². The molecule has 0 unspecified atom stereocenters. The summed E-state index contributed by atoms with van der Waals surface area (Å²) in [5, 5.41) is 4.08. The summed E-state index contributed by atoms with van der Waals surface area (Å²) in [7, 11) is 0. The second-order valence-electron chi connectivity index (χ2n) is 7.38. The molecule has 0 atom stereocenters. The second-order valence-corrected chi connectivity index (χ2v) is 8.16. The Morgan fingerprint density at radius 3 is 2.55 bits per heavy atom. The fourth-order valence-electron chi connectivity index (χ4n) is 4.19. The van der Waals surface area contributed by atoms with E-state index in [2.05, 4.69) is 11.4 Å². The number of benzene rings is 2. The van der Waals surface area contributed by atoms with Gasteiger partial charge in [-0.2, -0.15) is 11.3 Å². The smallest absolute Gasteiger partial charge is 0.254 e. The van der Waals surface area contributed by atoms with Crippen LogP contribution in [0.5, 0.6) is 0 Å². The van der Waals surface area contributed by atoms with Crippen LogP contribution in [0.1, 0.15) is 31.8 Å². The molecule has 5 rings (SSSR count). The number of nitrogens with two attached hydrogens (primary N) is 1. The van der Waals surface area contributed by atoms with Crippen LogP contribution < -0.4 is 5.73 Å². The Morgan fingerprint density at radius 1 is 1.00 bits per heavy atom. The molecule has 5 nitrogen and oxygen atoms in total. The number of carbonyl (C=O) groups excluding carboxylic acids is 2. The molecule has 1 aliphatic carbocycles. The van der Waals surface area contributed by atoms with Crippen LogP contribution in [0, 0.1) is 0 Å². The summed E-state index contributed by atoms with van der Waals surface area (Å²) in [6.07, 6.45) is 0.608. The van der Waals surface area contributed by atoms with Crippen molar-refractivity contribution in [1.29, 1.82) is 0 Å². The molecule has 0 bridgehead atoms. The van der Waals surface area contributed by atoms with Crippen LogP contribution in [-0.2, 0) is 11.2 Å². The SMILES string of the molecule is NC(=O)c1cc(-c2ccsc2)cc2c1Cc1cc(C(=O)N3CCOCC3)ccc1-2. The fraction of sp³-hybridized carbons (Fsp3) is 0.217. The fourth-order valence-corrected chi connectivity index (χ4v) is 4.86. The molecule has 1 saturated heterocycles. The maximum absolute atomic E-state index is 12.9. The summed E-state index contributed by atoms with van der Waals surface area (Å²) in [5.74, 6) is -0.392. The Labute approximate surface area is 172 Å². The van der Waals surface area contributed by atoms with Gasteiger partial charge in [-0.05, 0) is 80.9 Å². The number of amides is 2. The number of rotatable bonds is 3. The first-order valence-corrected chi connectivity index (χ1v) is 10.6. The van der Waals surface area contributed by atoms with Crippen molar-refractivity contribution in [3.05, 3.63) is 69.4 Å². The van der Waals surface area contributed by atoms with Crippen LogP contribution in [0.2, 0.25) is 0 Å². The second kappa shape index (κ2) is 7.13. The summed E-state index contributed by atoms with van der Waals surface area (Å²) in [6.45, 7) is 2.39. The van der Waals surface area contributed by atoms with Crippen molar-refractivity contribution in [2.24, 2.45) is 5.73 Å². The largest absolute Gasteiger partial charge is 0.378 e. The molecule has 2 N–H and O–H groups in total. The van der Waals surface area contributed by atoms with Gasteiger partial charge in [-0.25, -0.2) is 0 Å². The van der Waals surface area contributed by atoms with Gasteiger partial charge >= 0.3 is 0 Å². The van der Waals surface area contributed by atoms with Crippen molar-refractivity contribution < 1.29 is 14.3 Å². The van der Waals surface area contributed by atoms with E-state index in [1.165, 1.54) is 0 Å². The number of hydrogen-bond acceptors (Lipinski definition) is 4. The first-order chi connectivity index (χ1) is 14.1. The maximum Gasteiger partial charge on any atom is 0.254 e. The highest BCUT2D eigenvalue weighted by atomic mass is 32.1. The van der Waals surface area contributed by atoms with E-state index in [1.807, 2.05) is 40.6 Å². The van der Waals surface area contributed by atoms with E-state index in [0.29, 0.717) is 43.9 Å². The van der Waals surface area contributed by atoms with Crippen molar-refractivity contribution in [2.45, 2.75) is 6.42 Å². The molecule has 2 amide bonds. The van der Waals surface area contributed by atoms with E-state index < -0.39 is 5.91 Å². The molecule has 2 aromatic carbocycles. The maximum atomic E-state index is 12.9. The molecule has 2 aliphatic rings. The minimum absolute atomic E-state index is 0.0288. The zero-order chi connectivity index (χ0) is 20.0. The number of hydrogen-bond donors (Lipinski definition) is 1. The van der Waals surface area contributed by atoms with Crippen molar-refractivity contribution in [3.63, 3.8) is 0 Å². The molecular weight excluding hydrogens is 384 g/mol. The summed E-state index contributed by atoms with van der Waals surface area (Å²) < 4.78 is 5.34. The normalized spacial score (nSPS) is 15.1. The number of fused-ring (bicyclic) bond motifs is 3. The summed E-state index contributed by atoms with van der Waals surface area (Å²) in [5.41, 5.74) is 13.1. The molecule has 0 saturated carbocycles. The van der Waals surface area contributed by atoms with Crippen LogP contribution in [0.25, 0.3) is 22.3 Å². The van der Waals surface area contributed by atoms with Gasteiger partial charge in [0.05, 0.1) is 13.2 Å². The number of primary amides is 1. The lowest BCUT2D eigenvalue weighted by atomic mass is 9.95. The predicted molar refractivity (Wildman–Crippen MR) is 113 cm³/mol. The summed E-state index contributed by atoms with van der Waals surface area (Å²) in [6, 6.07) is 11.9. The average Bonchev–Trinajstić information content (AvgIpc) is 3.40. The Kier molecular flexibility index (Phi) is 4.45. The van der Waals surface area contributed by atoms with Crippen LogP contribution in [-0.4, -0.2) is 43.0 Å². The van der Waals surface area contributed by atoms with Gasteiger partial charge in [0.25, 0.3) is 5.91 Å². The Hall–Kier alpha value is -2.96. The van der Waals surface area contributed by atoms with Gasteiger partial charge in [-0.3, -0.25) is 9.59 Å². The molecule has 146 valence electrons. The predicted octanol–water partition coefficient (Wildman–Crippen LogP) is 3.56. The Bertz CT molecular complexity index is 1120. The van der Waals surface area contributed by atoms with Crippen LogP contribution in [0.3, 0.4) is 0 Å². The van der Waals surface area contributed by atoms with E-state index >= 15 is 0 Å². The molecule has 0 spiro atoms. The van der Waals surface area contributed by atoms with E-state index in [0.717, 1.165) is 33.4 Å². The Balaban J connectivity index is 1.56. The lowest BCUT2D eigenvalue weighted by Gasteiger charge is -2.27. The van der Waals surface area contributed by atoms with Crippen molar-refractivity contribution in [2.75, 3.05) is 26.3 Å². The molecule has 29 heavy (non-hydrogen) atoms. The first kappa shape index (κ1) is 18.1. The molecule has 1 aromatic heterocycles. The number of thiophene rings is 1. The number of ether oxygens (including phenoxy) is 1. The highest BCUT2D eigenvalue weighted by Crippen LogP contribution is 2.41. The van der Waals surface area contributed by atoms with Crippen LogP contribution >= 0.6 is 11.3 Å². The molecule has 1 fully saturated rings. The summed E-state index contributed by atoms with van der Waals surface area (Å²) in [4.78, 5) is 26.9. The lowest BCUT2D eigenvalue weighted by Crippen LogP contribution is -2.40. The highest BCUT2D eigenvalue weighted by Gasteiger charge is 2.26. The zero-order valence-corrected chi connectivity index (χ0v) is 16.6. The van der Waals surface area contributed by atoms with Crippen molar-refractivity contribution in [1.82, 2.24) is 4.90 Å². The van der Waals surface area contributed by atoms with E-state index in [-0.39, 0.29) is 5.91 Å². The van der Waals surface area contributed by atoms with Gasteiger partial charge < -0.3 is 15.4 Å². The van der Waals surface area contributed by atoms with E-state index in [9.17, 15) is 9.59 Å². The van der Waals surface area contributed by atoms with Gasteiger partial charge in [0.1, 0.15) is 0 Å². The lowest BCUT2D eigenvalue weighted by molar-refractivity contribution is 0.0303. The van der Waals surface area contributed by atoms with Gasteiger partial charge in [0.15, 0.2) is 0 Å². The number of nitrogens with zero attached hydrogens (tertiary/aromatic N) is 1. The zero-order valence-electron chi connectivity index (χ0n) is 15.8. The number of morpholine rings is 1. The third-order valence-corrected chi connectivity index (χ3v) is 6.36. The minimum Gasteiger partial charge on any atom is -0.378 e. The molecular formula is C23H20N2O3S. The molecule has 3 aromatic rings. The van der Waals surface area contributed by atoms with Crippen LogP contribution in [0.4, 0.5) is 0 Å². The minimum atomic E-state index is -0.421. The summed E-state index contributed by atoms with van der Waals surface area (Å²) >= 11 is 1.62. The third-order valence-electron chi connectivity index (χ3n) is 5.68. The highest BCUT2D eigenvalue weighted by molar-refractivity contribution is 7.08. The van der Waals surface area contributed by atoms with Crippen molar-refractivity contribution in [3.8, 4) is 22.3 Å². The van der Waals surface area contributed by atoms with E-state index in [1.54, 1.807) is 11.3 Å². The molecule has 0 radical (unpaired) electrons. The Morgan fingerprint density at radius 2 is 1.83 bits per heavy atom. The molecule has 2 heterocycles. The molecule has 1 aliphatic heterocycles. The average molecular weight is 404 g/mol. The van der Waals surface area contributed by atoms with Gasteiger partial charge in [0.2, 0.25) is 5.91 Å². The first-order valence-electron chi connectivity index (χ1n) is 9.61. The quantitative estimate of drug-likeness (QED) is 0.567. The van der Waals surface area contributed by atoms with Gasteiger partial charge in [-0.1, -0.05) is 6.07 Å².